The third-order valence-corrected chi connectivity index (χ3v) is 5.20. The number of hydrogen-bond acceptors (Lipinski definition) is 1. The first-order valence-electron chi connectivity index (χ1n) is 9.16. The second-order valence-corrected chi connectivity index (χ2v) is 6.93. The molecule has 5 aromatic rings. The lowest BCUT2D eigenvalue weighted by atomic mass is 9.95. The van der Waals surface area contributed by atoms with Gasteiger partial charge in [-0.15, -0.1) is 0 Å². The largest absolute Gasteiger partial charge is 0.398 e. The van der Waals surface area contributed by atoms with E-state index in [9.17, 15) is 0 Å². The summed E-state index contributed by atoms with van der Waals surface area (Å²) in [5.41, 5.74) is 11.7. The van der Waals surface area contributed by atoms with Crippen LogP contribution in [0.3, 0.4) is 0 Å². The number of hydrogen-bond donors (Lipinski definition) is 1. The van der Waals surface area contributed by atoms with Crippen molar-refractivity contribution in [2.75, 3.05) is 5.73 Å². The van der Waals surface area contributed by atoms with Crippen molar-refractivity contribution in [2.24, 2.45) is 0 Å². The van der Waals surface area contributed by atoms with E-state index < -0.39 is 0 Å². The maximum absolute atomic E-state index is 6.33. The van der Waals surface area contributed by atoms with Gasteiger partial charge >= 0.3 is 0 Å². The monoisotopic (exact) mass is 345 g/mol. The highest BCUT2D eigenvalue weighted by Gasteiger charge is 2.07. The zero-order valence-corrected chi connectivity index (χ0v) is 14.9. The molecule has 0 aromatic heterocycles. The van der Waals surface area contributed by atoms with Crippen LogP contribution in [-0.4, -0.2) is 0 Å². The van der Waals surface area contributed by atoms with Crippen LogP contribution in [0.2, 0.25) is 0 Å². The summed E-state index contributed by atoms with van der Waals surface area (Å²) < 4.78 is 0. The Labute approximate surface area is 158 Å². The molecule has 27 heavy (non-hydrogen) atoms. The second kappa shape index (κ2) is 6.30. The van der Waals surface area contributed by atoms with E-state index in [0.717, 1.165) is 16.8 Å². The highest BCUT2D eigenvalue weighted by Crippen LogP contribution is 2.33. The van der Waals surface area contributed by atoms with E-state index >= 15 is 0 Å². The van der Waals surface area contributed by atoms with E-state index in [1.807, 2.05) is 6.07 Å². The number of fused-ring (bicyclic) bond motifs is 2. The molecule has 5 rings (SSSR count). The number of nitrogens with two attached hydrogens (primary N) is 1. The van der Waals surface area contributed by atoms with Gasteiger partial charge in [-0.1, -0.05) is 78.9 Å². The van der Waals surface area contributed by atoms with Crippen molar-refractivity contribution >= 4 is 27.2 Å². The summed E-state index contributed by atoms with van der Waals surface area (Å²) in [7, 11) is 0. The fourth-order valence-corrected chi connectivity index (χ4v) is 3.71. The van der Waals surface area contributed by atoms with Crippen LogP contribution < -0.4 is 5.73 Å². The van der Waals surface area contributed by atoms with Crippen LogP contribution in [0.4, 0.5) is 5.69 Å². The van der Waals surface area contributed by atoms with Gasteiger partial charge in [-0.2, -0.15) is 0 Å². The van der Waals surface area contributed by atoms with Gasteiger partial charge in [-0.25, -0.2) is 0 Å². The average molecular weight is 345 g/mol. The lowest BCUT2D eigenvalue weighted by molar-refractivity contribution is 1.60. The SMILES string of the molecule is Nc1ccc(-c2ccc3ccccc3c2)cc1-c1ccc2ccccc2c1. The van der Waals surface area contributed by atoms with Gasteiger partial charge in [-0.3, -0.25) is 0 Å². The van der Waals surface area contributed by atoms with E-state index in [4.69, 9.17) is 5.73 Å². The van der Waals surface area contributed by atoms with E-state index in [1.165, 1.54) is 32.7 Å². The first-order valence-corrected chi connectivity index (χ1v) is 9.16. The maximum atomic E-state index is 6.33. The number of nitrogen functional groups attached to an aromatic ring is 1. The zero-order valence-electron chi connectivity index (χ0n) is 14.9. The predicted octanol–water partition coefficient (Wildman–Crippen LogP) is 6.91. The molecule has 0 heterocycles. The van der Waals surface area contributed by atoms with E-state index in [-0.39, 0.29) is 0 Å². The Hall–Kier alpha value is -3.58. The van der Waals surface area contributed by atoms with Crippen LogP contribution in [-0.2, 0) is 0 Å². The van der Waals surface area contributed by atoms with Crippen LogP contribution in [0.1, 0.15) is 0 Å². The minimum absolute atomic E-state index is 0.801. The van der Waals surface area contributed by atoms with Gasteiger partial charge in [0.05, 0.1) is 0 Å². The quantitative estimate of drug-likeness (QED) is 0.346. The molecule has 128 valence electrons. The normalized spacial score (nSPS) is 11.1. The molecule has 0 aliphatic carbocycles. The van der Waals surface area contributed by atoms with E-state index in [2.05, 4.69) is 97.1 Å². The van der Waals surface area contributed by atoms with Gasteiger partial charge < -0.3 is 5.73 Å². The fourth-order valence-electron chi connectivity index (χ4n) is 3.71. The summed E-state index contributed by atoms with van der Waals surface area (Å²) in [6.07, 6.45) is 0. The van der Waals surface area contributed by atoms with Crippen LogP contribution >= 0.6 is 0 Å². The lowest BCUT2D eigenvalue weighted by Crippen LogP contribution is -1.91. The molecule has 0 saturated carbocycles. The summed E-state index contributed by atoms with van der Waals surface area (Å²) in [5, 5.41) is 4.97. The Morgan fingerprint density at radius 2 is 0.889 bits per heavy atom. The number of benzene rings is 5. The van der Waals surface area contributed by atoms with Crippen molar-refractivity contribution < 1.29 is 0 Å². The van der Waals surface area contributed by atoms with Crippen molar-refractivity contribution in [3.8, 4) is 22.3 Å². The molecule has 0 unspecified atom stereocenters. The maximum Gasteiger partial charge on any atom is 0.0394 e. The molecule has 5 aromatic carbocycles. The summed E-state index contributed by atoms with van der Waals surface area (Å²) >= 11 is 0. The van der Waals surface area contributed by atoms with Gasteiger partial charge in [0, 0.05) is 11.3 Å². The molecule has 0 spiro atoms. The van der Waals surface area contributed by atoms with Gasteiger partial charge in [0.1, 0.15) is 0 Å². The molecule has 0 aliphatic rings. The minimum atomic E-state index is 0.801. The van der Waals surface area contributed by atoms with E-state index in [1.54, 1.807) is 0 Å². The van der Waals surface area contributed by atoms with Crippen LogP contribution in [0.5, 0.6) is 0 Å². The van der Waals surface area contributed by atoms with Gasteiger partial charge in [-0.05, 0) is 62.5 Å². The van der Waals surface area contributed by atoms with E-state index in [0.29, 0.717) is 0 Å². The minimum Gasteiger partial charge on any atom is -0.398 e. The molecular formula is C26H19N. The molecule has 1 heteroatoms. The molecular weight excluding hydrogens is 326 g/mol. The van der Waals surface area contributed by atoms with Crippen molar-refractivity contribution in [1.29, 1.82) is 0 Å². The first-order chi connectivity index (χ1) is 13.3. The standard InChI is InChI=1S/C26H19N/c27-26-14-13-23(22-11-9-18-5-1-3-7-20(18)15-22)17-25(26)24-12-10-19-6-2-4-8-21(19)16-24/h1-17H,27H2. The summed E-state index contributed by atoms with van der Waals surface area (Å²) in [6.45, 7) is 0. The lowest BCUT2D eigenvalue weighted by Gasteiger charge is -2.11. The molecule has 0 radical (unpaired) electrons. The smallest absolute Gasteiger partial charge is 0.0394 e. The molecule has 0 saturated heterocycles. The molecule has 1 nitrogen and oxygen atoms in total. The third-order valence-electron chi connectivity index (χ3n) is 5.20. The zero-order chi connectivity index (χ0) is 18.2. The topological polar surface area (TPSA) is 26.0 Å². The van der Waals surface area contributed by atoms with Crippen molar-refractivity contribution in [1.82, 2.24) is 0 Å². The van der Waals surface area contributed by atoms with Gasteiger partial charge in [0.15, 0.2) is 0 Å². The predicted molar refractivity (Wildman–Crippen MR) is 117 cm³/mol. The van der Waals surface area contributed by atoms with Crippen molar-refractivity contribution in [3.05, 3.63) is 103 Å². The third kappa shape index (κ3) is 2.84. The Balaban J connectivity index is 1.64. The van der Waals surface area contributed by atoms with Crippen molar-refractivity contribution in [2.45, 2.75) is 0 Å². The first kappa shape index (κ1) is 15.7. The number of rotatable bonds is 2. The highest BCUT2D eigenvalue weighted by atomic mass is 14.6. The van der Waals surface area contributed by atoms with Gasteiger partial charge in [0.25, 0.3) is 0 Å². The molecule has 0 bridgehead atoms. The Morgan fingerprint density at radius 1 is 0.407 bits per heavy atom. The van der Waals surface area contributed by atoms with Crippen molar-refractivity contribution in [3.63, 3.8) is 0 Å². The average Bonchev–Trinajstić information content (AvgIpc) is 2.73. The summed E-state index contributed by atoms with van der Waals surface area (Å²) in [6, 6.07) is 36.3. The molecule has 0 amide bonds. The Kier molecular flexibility index (Phi) is 3.65. The Morgan fingerprint density at radius 3 is 1.56 bits per heavy atom. The van der Waals surface area contributed by atoms with Crippen LogP contribution in [0, 0.1) is 0 Å². The molecule has 0 atom stereocenters. The summed E-state index contributed by atoms with van der Waals surface area (Å²) in [4.78, 5) is 0. The summed E-state index contributed by atoms with van der Waals surface area (Å²) in [5.74, 6) is 0. The van der Waals surface area contributed by atoms with Gasteiger partial charge in [0.2, 0.25) is 0 Å². The van der Waals surface area contributed by atoms with Crippen LogP contribution in [0.25, 0.3) is 43.8 Å². The van der Waals surface area contributed by atoms with Crippen LogP contribution in [0.15, 0.2) is 103 Å². The highest BCUT2D eigenvalue weighted by molar-refractivity contribution is 5.92. The molecule has 0 fully saturated rings. The molecule has 0 aliphatic heterocycles. The number of anilines is 1. The molecule has 2 N–H and O–H groups in total. The Bertz CT molecular complexity index is 1280. The fraction of sp³-hybridized carbons (Fsp3) is 0. The second-order valence-electron chi connectivity index (χ2n) is 6.93.